The molecule has 0 radical (unpaired) electrons. The molecule has 1 amide bonds. The van der Waals surface area contributed by atoms with Gasteiger partial charge in [-0.15, -0.1) is 0 Å². The normalized spacial score (nSPS) is 14.4. The first kappa shape index (κ1) is 22.0. The largest absolute Gasteiger partial charge is 0.497 e. The molecule has 0 bridgehead atoms. The molecule has 1 aliphatic heterocycles. The van der Waals surface area contributed by atoms with Crippen molar-refractivity contribution in [3.8, 4) is 11.5 Å². The lowest BCUT2D eigenvalue weighted by Crippen LogP contribution is -2.32. The van der Waals surface area contributed by atoms with E-state index in [1.165, 1.54) is 37.3 Å². The fourth-order valence-electron chi connectivity index (χ4n) is 3.43. The summed E-state index contributed by atoms with van der Waals surface area (Å²) >= 11 is 5.98. The molecule has 8 nitrogen and oxygen atoms in total. The van der Waals surface area contributed by atoms with Crippen molar-refractivity contribution in [2.24, 2.45) is 4.99 Å². The van der Waals surface area contributed by atoms with Crippen LogP contribution in [0.25, 0.3) is 6.08 Å². The topological polar surface area (TPSA) is 94.3 Å². The highest BCUT2D eigenvalue weighted by atomic mass is 35.5. The first-order valence-corrected chi connectivity index (χ1v) is 10.2. The molecule has 0 spiro atoms. The van der Waals surface area contributed by atoms with E-state index in [1.807, 2.05) is 12.1 Å². The summed E-state index contributed by atoms with van der Waals surface area (Å²) in [5, 5.41) is 11.4. The fourth-order valence-corrected chi connectivity index (χ4v) is 3.61. The Labute approximate surface area is 194 Å². The average molecular weight is 464 g/mol. The van der Waals surface area contributed by atoms with E-state index in [2.05, 4.69) is 4.99 Å². The van der Waals surface area contributed by atoms with Crippen LogP contribution >= 0.6 is 11.6 Å². The number of rotatable bonds is 6. The summed E-state index contributed by atoms with van der Waals surface area (Å²) in [4.78, 5) is 30.2. The molecule has 166 valence electrons. The average Bonchev–Trinajstić information content (AvgIpc) is 3.15. The Balaban J connectivity index is 1.88. The molecule has 33 heavy (non-hydrogen) atoms. The molecule has 0 saturated heterocycles. The number of halogens is 1. The van der Waals surface area contributed by atoms with Crippen molar-refractivity contribution in [3.05, 3.63) is 98.7 Å². The first-order valence-electron chi connectivity index (χ1n) is 9.79. The van der Waals surface area contributed by atoms with Crippen LogP contribution in [0.4, 0.5) is 11.4 Å². The van der Waals surface area contributed by atoms with Crippen LogP contribution in [0.5, 0.6) is 11.5 Å². The molecule has 0 aliphatic carbocycles. The van der Waals surface area contributed by atoms with Gasteiger partial charge in [-0.05, 0) is 36.4 Å². The van der Waals surface area contributed by atoms with Crippen LogP contribution in [0.2, 0.25) is 5.02 Å². The Bertz CT molecular complexity index is 1320. The highest BCUT2D eigenvalue weighted by Crippen LogP contribution is 2.34. The number of para-hydroxylation sites is 1. The van der Waals surface area contributed by atoms with Crippen molar-refractivity contribution in [3.63, 3.8) is 0 Å². The number of hydrogen-bond acceptors (Lipinski definition) is 6. The third kappa shape index (κ3) is 4.28. The third-order valence-electron chi connectivity index (χ3n) is 5.00. The van der Waals surface area contributed by atoms with Crippen molar-refractivity contribution in [2.45, 2.75) is 0 Å². The number of nitro groups is 1. The van der Waals surface area contributed by atoms with Gasteiger partial charge in [-0.1, -0.05) is 41.9 Å². The number of amidine groups is 1. The smallest absolute Gasteiger partial charge is 0.289 e. The molecule has 0 N–H and O–H groups in total. The minimum atomic E-state index is -0.597. The van der Waals surface area contributed by atoms with Gasteiger partial charge >= 0.3 is 0 Å². The minimum absolute atomic E-state index is 0.0277. The van der Waals surface area contributed by atoms with Crippen LogP contribution in [0.3, 0.4) is 0 Å². The summed E-state index contributed by atoms with van der Waals surface area (Å²) in [6.07, 6.45) is 1.62. The molecule has 0 aromatic heterocycles. The zero-order valence-electron chi connectivity index (χ0n) is 17.7. The van der Waals surface area contributed by atoms with Gasteiger partial charge in [0.1, 0.15) is 28.1 Å². The van der Waals surface area contributed by atoms with E-state index >= 15 is 0 Å². The molecule has 0 unspecified atom stereocenters. The van der Waals surface area contributed by atoms with Crippen molar-refractivity contribution >= 4 is 40.8 Å². The maximum Gasteiger partial charge on any atom is 0.289 e. The molecule has 0 fully saturated rings. The number of hydrogen-bond donors (Lipinski definition) is 0. The number of carbonyl (C=O) groups excluding carboxylic acids is 1. The van der Waals surface area contributed by atoms with Crippen molar-refractivity contribution < 1.29 is 19.2 Å². The Hall–Kier alpha value is -4.17. The molecule has 0 atom stereocenters. The first-order chi connectivity index (χ1) is 15.9. The summed E-state index contributed by atoms with van der Waals surface area (Å²) in [5.74, 6) is 1.01. The van der Waals surface area contributed by atoms with Gasteiger partial charge in [0.05, 0.1) is 24.8 Å². The lowest BCUT2D eigenvalue weighted by atomic mass is 10.1. The maximum absolute atomic E-state index is 13.5. The molecule has 4 rings (SSSR count). The standard InChI is InChI=1S/C24H18ClN3O5/c1-32-18-8-5-7-16(12-18)23-26-20(13-15-6-3-4-9-22(15)33-2)24(29)27(23)17-10-11-19(25)21(14-17)28(30)31/h3-14H,1-2H3. The Morgan fingerprint density at radius 1 is 1.03 bits per heavy atom. The van der Waals surface area contributed by atoms with E-state index in [-0.39, 0.29) is 22.1 Å². The summed E-state index contributed by atoms with van der Waals surface area (Å²) in [6.45, 7) is 0. The molecule has 3 aromatic rings. The molecule has 1 heterocycles. The summed E-state index contributed by atoms with van der Waals surface area (Å²) in [6, 6.07) is 18.4. The van der Waals surface area contributed by atoms with Gasteiger partial charge < -0.3 is 9.47 Å². The van der Waals surface area contributed by atoms with Crippen LogP contribution in [-0.4, -0.2) is 30.9 Å². The van der Waals surface area contributed by atoms with E-state index < -0.39 is 10.8 Å². The predicted molar refractivity (Wildman–Crippen MR) is 126 cm³/mol. The van der Waals surface area contributed by atoms with Crippen LogP contribution in [0, 0.1) is 10.1 Å². The van der Waals surface area contributed by atoms with E-state index in [4.69, 9.17) is 21.1 Å². The lowest BCUT2D eigenvalue weighted by molar-refractivity contribution is -0.384. The third-order valence-corrected chi connectivity index (χ3v) is 5.32. The molecular weight excluding hydrogens is 446 g/mol. The molecule has 0 saturated carbocycles. The van der Waals surface area contributed by atoms with Gasteiger partial charge in [-0.25, -0.2) is 4.99 Å². The minimum Gasteiger partial charge on any atom is -0.497 e. The molecular formula is C24H18ClN3O5. The van der Waals surface area contributed by atoms with Crippen LogP contribution in [0.1, 0.15) is 11.1 Å². The second-order valence-electron chi connectivity index (χ2n) is 6.97. The summed E-state index contributed by atoms with van der Waals surface area (Å²) < 4.78 is 10.7. The van der Waals surface area contributed by atoms with Gasteiger partial charge in [0.25, 0.3) is 11.6 Å². The van der Waals surface area contributed by atoms with E-state index in [9.17, 15) is 14.9 Å². The highest BCUT2D eigenvalue weighted by Gasteiger charge is 2.34. The molecule has 3 aromatic carbocycles. The van der Waals surface area contributed by atoms with Gasteiger partial charge in [0, 0.05) is 17.2 Å². The Kier molecular flexibility index (Phi) is 6.10. The van der Waals surface area contributed by atoms with Crippen molar-refractivity contribution in [1.82, 2.24) is 0 Å². The Morgan fingerprint density at radius 2 is 1.82 bits per heavy atom. The number of nitrogens with zero attached hydrogens (tertiary/aromatic N) is 3. The lowest BCUT2D eigenvalue weighted by Gasteiger charge is -2.19. The summed E-state index contributed by atoms with van der Waals surface area (Å²) in [7, 11) is 3.08. The monoisotopic (exact) mass is 463 g/mol. The molecule has 9 heteroatoms. The van der Waals surface area contributed by atoms with Crippen LogP contribution in [0.15, 0.2) is 77.4 Å². The highest BCUT2D eigenvalue weighted by molar-refractivity contribution is 6.35. The SMILES string of the molecule is COc1cccc(C2=NC(=Cc3ccccc3OC)C(=O)N2c2ccc(Cl)c([N+](=O)[O-])c2)c1. The zero-order chi connectivity index (χ0) is 23.5. The number of amides is 1. The van der Waals surface area contributed by atoms with E-state index in [0.29, 0.717) is 28.5 Å². The number of aliphatic imine (C=N–C) groups is 1. The number of anilines is 1. The predicted octanol–water partition coefficient (Wildman–Crippen LogP) is 5.10. The second-order valence-corrected chi connectivity index (χ2v) is 7.38. The number of carbonyl (C=O) groups is 1. The van der Waals surface area contributed by atoms with Gasteiger partial charge in [0.15, 0.2) is 0 Å². The van der Waals surface area contributed by atoms with E-state index in [1.54, 1.807) is 42.5 Å². The quantitative estimate of drug-likeness (QED) is 0.288. The second kappa shape index (κ2) is 9.13. The Morgan fingerprint density at radius 3 is 2.55 bits per heavy atom. The maximum atomic E-state index is 13.5. The fraction of sp³-hybridized carbons (Fsp3) is 0.0833. The zero-order valence-corrected chi connectivity index (χ0v) is 18.4. The number of nitro benzene ring substituents is 1. The summed E-state index contributed by atoms with van der Waals surface area (Å²) in [5.41, 5.74) is 1.37. The number of methoxy groups -OCH3 is 2. The van der Waals surface area contributed by atoms with Crippen LogP contribution < -0.4 is 14.4 Å². The van der Waals surface area contributed by atoms with Crippen LogP contribution in [-0.2, 0) is 4.79 Å². The number of benzene rings is 3. The molecule has 1 aliphatic rings. The van der Waals surface area contributed by atoms with Crippen molar-refractivity contribution in [2.75, 3.05) is 19.1 Å². The van der Waals surface area contributed by atoms with Crippen molar-refractivity contribution in [1.29, 1.82) is 0 Å². The van der Waals surface area contributed by atoms with E-state index in [0.717, 1.165) is 0 Å². The number of ether oxygens (including phenoxy) is 2. The van der Waals surface area contributed by atoms with Gasteiger partial charge in [-0.2, -0.15) is 0 Å². The van der Waals surface area contributed by atoms with Gasteiger partial charge in [-0.3, -0.25) is 19.8 Å². The van der Waals surface area contributed by atoms with Gasteiger partial charge in [0.2, 0.25) is 0 Å².